The third-order valence-corrected chi connectivity index (χ3v) is 4.40. The van der Waals surface area contributed by atoms with E-state index in [4.69, 9.17) is 4.74 Å². The van der Waals surface area contributed by atoms with Crippen LogP contribution >= 0.6 is 0 Å². The van der Waals surface area contributed by atoms with Crippen molar-refractivity contribution < 1.29 is 14.6 Å². The highest BCUT2D eigenvalue weighted by atomic mass is 16.5. The summed E-state index contributed by atoms with van der Waals surface area (Å²) >= 11 is 0. The Morgan fingerprint density at radius 2 is 2.20 bits per heavy atom. The van der Waals surface area contributed by atoms with Crippen LogP contribution in [0, 0.1) is 6.92 Å². The summed E-state index contributed by atoms with van der Waals surface area (Å²) in [5.41, 5.74) is 4.41. The minimum absolute atomic E-state index is 0.394. The number of nitrogens with zero attached hydrogens (tertiary/aromatic N) is 1. The normalized spacial score (nSPS) is 18.1. The molecule has 4 nitrogen and oxygen atoms in total. The Morgan fingerprint density at radius 3 is 2.85 bits per heavy atom. The molecule has 0 amide bonds. The summed E-state index contributed by atoms with van der Waals surface area (Å²) in [6.07, 6.45) is 2.61. The molecule has 0 fully saturated rings. The summed E-state index contributed by atoms with van der Waals surface area (Å²) < 4.78 is 7.50. The van der Waals surface area contributed by atoms with Gasteiger partial charge in [0.2, 0.25) is 0 Å². The first-order chi connectivity index (χ1) is 9.54. The summed E-state index contributed by atoms with van der Waals surface area (Å²) in [5.74, 6) is -0.328. The quantitative estimate of drug-likeness (QED) is 0.915. The van der Waals surface area contributed by atoms with Gasteiger partial charge in [-0.2, -0.15) is 0 Å². The molecule has 106 valence electrons. The molecule has 0 spiro atoms. The lowest BCUT2D eigenvalue weighted by atomic mass is 9.85. The van der Waals surface area contributed by atoms with Gasteiger partial charge in [0, 0.05) is 18.1 Å². The Kier molecular flexibility index (Phi) is 2.96. The second-order valence-corrected chi connectivity index (χ2v) is 5.54. The topological polar surface area (TPSA) is 51.5 Å². The fraction of sp³-hybridized carbons (Fsp3) is 0.438. The predicted molar refractivity (Wildman–Crippen MR) is 77.5 cm³/mol. The fourth-order valence-electron chi connectivity index (χ4n) is 3.54. The highest BCUT2D eigenvalue weighted by molar-refractivity contribution is 5.94. The Labute approximate surface area is 118 Å². The number of carbonyl (C=O) groups is 1. The van der Waals surface area contributed by atoms with Gasteiger partial charge in [-0.15, -0.1) is 0 Å². The molecule has 20 heavy (non-hydrogen) atoms. The number of ether oxygens (including phenoxy) is 1. The summed E-state index contributed by atoms with van der Waals surface area (Å²) in [6.45, 7) is 2.05. The summed E-state index contributed by atoms with van der Waals surface area (Å²) in [7, 11) is 3.68. The van der Waals surface area contributed by atoms with E-state index in [1.54, 1.807) is 7.11 Å². The number of benzene rings is 1. The van der Waals surface area contributed by atoms with Crippen molar-refractivity contribution in [3.63, 3.8) is 0 Å². The number of rotatable bonds is 2. The van der Waals surface area contributed by atoms with Crippen molar-refractivity contribution in [2.24, 2.45) is 7.05 Å². The number of carboxylic acid groups (broad SMARTS) is 1. The van der Waals surface area contributed by atoms with Crippen LogP contribution in [0.5, 0.6) is 5.75 Å². The summed E-state index contributed by atoms with van der Waals surface area (Å²) in [5, 5.41) is 10.5. The molecule has 1 heterocycles. The number of methoxy groups -OCH3 is 1. The number of aromatic nitrogens is 1. The molecule has 1 aliphatic rings. The molecule has 1 aromatic carbocycles. The molecule has 0 radical (unpaired) electrons. The van der Waals surface area contributed by atoms with Crippen LogP contribution in [-0.2, 0) is 18.3 Å². The van der Waals surface area contributed by atoms with Crippen molar-refractivity contribution in [1.29, 1.82) is 0 Å². The summed E-state index contributed by atoms with van der Waals surface area (Å²) in [4.78, 5) is 11.6. The van der Waals surface area contributed by atoms with Gasteiger partial charge in [-0.05, 0) is 49.4 Å². The first kappa shape index (κ1) is 13.0. The maximum atomic E-state index is 11.6. The molecular formula is C16H19NO3. The zero-order valence-corrected chi connectivity index (χ0v) is 12.1. The molecule has 2 aromatic rings. The van der Waals surface area contributed by atoms with Crippen LogP contribution in [0.4, 0.5) is 0 Å². The molecule has 4 heteroatoms. The van der Waals surface area contributed by atoms with Crippen molar-refractivity contribution in [1.82, 2.24) is 4.57 Å². The molecule has 1 unspecified atom stereocenters. The van der Waals surface area contributed by atoms with Crippen LogP contribution in [0.2, 0.25) is 0 Å². The molecule has 1 N–H and O–H groups in total. The van der Waals surface area contributed by atoms with Gasteiger partial charge in [-0.3, -0.25) is 4.79 Å². The number of carboxylic acids is 1. The van der Waals surface area contributed by atoms with Gasteiger partial charge >= 0.3 is 5.97 Å². The van der Waals surface area contributed by atoms with E-state index in [0.717, 1.165) is 52.7 Å². The van der Waals surface area contributed by atoms with Crippen LogP contribution in [0.1, 0.15) is 35.6 Å². The minimum atomic E-state index is -0.723. The lowest BCUT2D eigenvalue weighted by Gasteiger charge is -2.20. The number of fused-ring (bicyclic) bond motifs is 3. The lowest BCUT2D eigenvalue weighted by Crippen LogP contribution is -2.18. The van der Waals surface area contributed by atoms with Gasteiger partial charge in [0.05, 0.1) is 18.5 Å². The Hall–Kier alpha value is -1.97. The lowest BCUT2D eigenvalue weighted by molar-refractivity contribution is -0.139. The number of aryl methyl sites for hydroxylation is 2. The van der Waals surface area contributed by atoms with Gasteiger partial charge in [0.25, 0.3) is 0 Å². The molecule has 0 saturated heterocycles. The third-order valence-electron chi connectivity index (χ3n) is 4.40. The Balaban J connectivity index is 2.38. The van der Waals surface area contributed by atoms with Crippen molar-refractivity contribution in [2.75, 3.05) is 7.11 Å². The fourth-order valence-corrected chi connectivity index (χ4v) is 3.54. The van der Waals surface area contributed by atoms with E-state index in [0.29, 0.717) is 0 Å². The van der Waals surface area contributed by atoms with Gasteiger partial charge in [0.15, 0.2) is 0 Å². The summed E-state index contributed by atoms with van der Waals surface area (Å²) in [6, 6.07) is 3.98. The van der Waals surface area contributed by atoms with Crippen LogP contribution in [0.3, 0.4) is 0 Å². The van der Waals surface area contributed by atoms with Gasteiger partial charge in [-0.1, -0.05) is 0 Å². The zero-order valence-electron chi connectivity index (χ0n) is 12.1. The average molecular weight is 273 g/mol. The van der Waals surface area contributed by atoms with Gasteiger partial charge in [-0.25, -0.2) is 0 Å². The van der Waals surface area contributed by atoms with Crippen molar-refractivity contribution in [2.45, 2.75) is 32.1 Å². The van der Waals surface area contributed by atoms with E-state index in [1.807, 2.05) is 26.1 Å². The SMILES string of the molecule is COc1cc(C)c2c(c1)c1c(n2C)CCCC1C(=O)O. The maximum absolute atomic E-state index is 11.6. The molecule has 1 aromatic heterocycles. The third kappa shape index (κ3) is 1.71. The zero-order chi connectivity index (χ0) is 14.4. The van der Waals surface area contributed by atoms with Crippen molar-refractivity contribution in [3.8, 4) is 5.75 Å². The van der Waals surface area contributed by atoms with E-state index in [-0.39, 0.29) is 0 Å². The van der Waals surface area contributed by atoms with Gasteiger partial charge in [0.1, 0.15) is 5.75 Å². The average Bonchev–Trinajstić information content (AvgIpc) is 2.72. The molecule has 0 saturated carbocycles. The van der Waals surface area contributed by atoms with Crippen LogP contribution in [0.15, 0.2) is 12.1 Å². The predicted octanol–water partition coefficient (Wildman–Crippen LogP) is 3.00. The highest BCUT2D eigenvalue weighted by Gasteiger charge is 2.31. The Morgan fingerprint density at radius 1 is 1.45 bits per heavy atom. The van der Waals surface area contributed by atoms with E-state index in [1.165, 1.54) is 0 Å². The van der Waals surface area contributed by atoms with E-state index in [2.05, 4.69) is 4.57 Å². The van der Waals surface area contributed by atoms with Crippen LogP contribution in [-0.4, -0.2) is 22.8 Å². The van der Waals surface area contributed by atoms with Crippen molar-refractivity contribution >= 4 is 16.9 Å². The van der Waals surface area contributed by atoms with Crippen molar-refractivity contribution in [3.05, 3.63) is 29.0 Å². The highest BCUT2D eigenvalue weighted by Crippen LogP contribution is 2.41. The van der Waals surface area contributed by atoms with Crippen LogP contribution < -0.4 is 4.74 Å². The molecule has 1 atom stereocenters. The van der Waals surface area contributed by atoms with E-state index < -0.39 is 11.9 Å². The smallest absolute Gasteiger partial charge is 0.311 e. The molecule has 0 aliphatic heterocycles. The molecule has 1 aliphatic carbocycles. The maximum Gasteiger partial charge on any atom is 0.311 e. The second-order valence-electron chi connectivity index (χ2n) is 5.54. The number of aliphatic carboxylic acids is 1. The van der Waals surface area contributed by atoms with Crippen LogP contribution in [0.25, 0.3) is 10.9 Å². The van der Waals surface area contributed by atoms with Gasteiger partial charge < -0.3 is 14.4 Å². The van der Waals surface area contributed by atoms with E-state index in [9.17, 15) is 9.90 Å². The van der Waals surface area contributed by atoms with E-state index >= 15 is 0 Å². The largest absolute Gasteiger partial charge is 0.497 e. The minimum Gasteiger partial charge on any atom is -0.497 e. The second kappa shape index (κ2) is 4.54. The monoisotopic (exact) mass is 273 g/mol. The molecular weight excluding hydrogens is 254 g/mol. The molecule has 3 rings (SSSR count). The Bertz CT molecular complexity index is 700. The first-order valence-corrected chi connectivity index (χ1v) is 6.93. The first-order valence-electron chi connectivity index (χ1n) is 6.93. The molecule has 0 bridgehead atoms. The standard InChI is InChI=1S/C16H19NO3/c1-9-7-10(20-3)8-12-14-11(16(18)19)5-4-6-13(14)17(2)15(9)12/h7-8,11H,4-6H2,1-3H3,(H,18,19). The number of hydrogen-bond donors (Lipinski definition) is 1. The number of hydrogen-bond acceptors (Lipinski definition) is 2.